The number of thiazole rings is 1. The maximum atomic E-state index is 12.8. The molecular weight excluding hydrogens is 444 g/mol. The van der Waals surface area contributed by atoms with Crippen LogP contribution in [0.1, 0.15) is 22.3 Å². The van der Waals surface area contributed by atoms with Crippen molar-refractivity contribution in [3.8, 4) is 10.6 Å². The molecule has 0 saturated carbocycles. The normalized spacial score (nSPS) is 13.7. The predicted octanol–water partition coefficient (Wildman–Crippen LogP) is 4.32. The van der Waals surface area contributed by atoms with E-state index in [4.69, 9.17) is 0 Å². The number of hydrogen-bond donors (Lipinski definition) is 1. The number of sulfonamides is 1. The monoisotopic (exact) mass is 464 g/mol. The Morgan fingerprint density at radius 1 is 1.12 bits per heavy atom. The van der Waals surface area contributed by atoms with Gasteiger partial charge >= 0.3 is 0 Å². The van der Waals surface area contributed by atoms with Gasteiger partial charge in [0.1, 0.15) is 10.8 Å². The van der Waals surface area contributed by atoms with Crippen LogP contribution in [-0.2, 0) is 16.4 Å². The quantitative estimate of drug-likeness (QED) is 0.486. The Labute approximate surface area is 189 Å². The lowest BCUT2D eigenvalue weighted by atomic mass is 10.0. The first kappa shape index (κ1) is 20.6. The van der Waals surface area contributed by atoms with Gasteiger partial charge < -0.3 is 5.32 Å². The van der Waals surface area contributed by atoms with Crippen LogP contribution in [0.15, 0.2) is 60.8 Å². The Morgan fingerprint density at radius 3 is 2.72 bits per heavy atom. The van der Waals surface area contributed by atoms with Crippen molar-refractivity contribution in [2.45, 2.75) is 12.8 Å². The van der Waals surface area contributed by atoms with Crippen LogP contribution < -0.4 is 9.62 Å². The summed E-state index contributed by atoms with van der Waals surface area (Å²) < 4.78 is 26.6. The Kier molecular flexibility index (Phi) is 5.15. The van der Waals surface area contributed by atoms with Crippen molar-refractivity contribution in [1.82, 2.24) is 9.97 Å². The number of hydrogen-bond acceptors (Lipinski definition) is 6. The van der Waals surface area contributed by atoms with E-state index < -0.39 is 10.0 Å². The van der Waals surface area contributed by atoms with Crippen molar-refractivity contribution in [3.05, 3.63) is 71.9 Å². The number of aryl methyl sites for hydroxylation is 1. The summed E-state index contributed by atoms with van der Waals surface area (Å²) >= 11 is 1.60. The highest BCUT2D eigenvalue weighted by molar-refractivity contribution is 7.92. The number of amides is 1. The minimum Gasteiger partial charge on any atom is -0.307 e. The topological polar surface area (TPSA) is 92.3 Å². The Bertz CT molecular complexity index is 1400. The molecule has 1 N–H and O–H groups in total. The van der Waals surface area contributed by atoms with Crippen molar-refractivity contribution in [1.29, 1.82) is 0 Å². The summed E-state index contributed by atoms with van der Waals surface area (Å²) in [4.78, 5) is 21.8. The highest BCUT2D eigenvalue weighted by Gasteiger charge is 2.24. The van der Waals surface area contributed by atoms with Crippen LogP contribution in [-0.4, -0.2) is 37.1 Å². The third kappa shape index (κ3) is 3.96. The molecule has 9 heteroatoms. The molecule has 4 aromatic rings. The second-order valence-electron chi connectivity index (χ2n) is 7.66. The lowest BCUT2D eigenvalue weighted by molar-refractivity contribution is 0.102. The lowest BCUT2D eigenvalue weighted by Crippen LogP contribution is -2.34. The van der Waals surface area contributed by atoms with Gasteiger partial charge in [0.25, 0.3) is 5.91 Å². The number of para-hydroxylation sites is 1. The fourth-order valence-corrected chi connectivity index (χ4v) is 5.78. The number of fused-ring (bicyclic) bond motifs is 2. The Hall–Kier alpha value is -3.30. The average Bonchev–Trinajstić information content (AvgIpc) is 3.22. The number of anilines is 2. The third-order valence-electron chi connectivity index (χ3n) is 5.36. The van der Waals surface area contributed by atoms with Gasteiger partial charge in [-0.05, 0) is 60.9 Å². The number of rotatable bonds is 4. The minimum atomic E-state index is -3.34. The van der Waals surface area contributed by atoms with Crippen molar-refractivity contribution in [2.24, 2.45) is 0 Å². The largest absolute Gasteiger partial charge is 0.307 e. The van der Waals surface area contributed by atoms with E-state index in [1.807, 2.05) is 30.3 Å². The van der Waals surface area contributed by atoms with Crippen LogP contribution in [0.2, 0.25) is 0 Å². The zero-order chi connectivity index (χ0) is 22.3. The van der Waals surface area contributed by atoms with Crippen LogP contribution in [0.3, 0.4) is 0 Å². The van der Waals surface area contributed by atoms with E-state index in [9.17, 15) is 13.2 Å². The molecule has 0 unspecified atom stereocenters. The standard InChI is InChI=1S/C23H20N4O3S2/c1-32(29,30)27-12-4-5-15-13-16(8-10-19(15)27)22(28)26-21-11-9-17(14-24-21)23-25-18-6-2-3-7-20(18)31-23/h2-3,6-11,13-14H,4-5,12H2,1H3,(H,24,26,28). The molecule has 2 aromatic heterocycles. The zero-order valence-electron chi connectivity index (χ0n) is 17.3. The molecule has 1 amide bonds. The number of carbonyl (C=O) groups is 1. The molecule has 0 bridgehead atoms. The second kappa shape index (κ2) is 7.99. The summed E-state index contributed by atoms with van der Waals surface area (Å²) in [6, 6.07) is 16.7. The van der Waals surface area contributed by atoms with Crippen LogP contribution in [0, 0.1) is 0 Å². The lowest BCUT2D eigenvalue weighted by Gasteiger charge is -2.29. The zero-order valence-corrected chi connectivity index (χ0v) is 18.9. The SMILES string of the molecule is CS(=O)(=O)N1CCCc2cc(C(=O)Nc3ccc(-c4nc5ccccc5s4)cn3)ccc21. The summed E-state index contributed by atoms with van der Waals surface area (Å²) in [6.45, 7) is 0.461. The Balaban J connectivity index is 1.34. The van der Waals surface area contributed by atoms with Gasteiger partial charge in [-0.3, -0.25) is 9.10 Å². The molecule has 0 aliphatic carbocycles. The Morgan fingerprint density at radius 2 is 1.97 bits per heavy atom. The molecule has 0 fully saturated rings. The van der Waals surface area contributed by atoms with E-state index in [2.05, 4.69) is 15.3 Å². The van der Waals surface area contributed by atoms with Crippen molar-refractivity contribution in [2.75, 3.05) is 22.4 Å². The predicted molar refractivity (Wildman–Crippen MR) is 128 cm³/mol. The summed E-state index contributed by atoms with van der Waals surface area (Å²) in [7, 11) is -3.34. The number of pyridine rings is 1. The first-order valence-electron chi connectivity index (χ1n) is 10.1. The number of carbonyl (C=O) groups excluding carboxylic acids is 1. The first-order valence-corrected chi connectivity index (χ1v) is 12.8. The van der Waals surface area contributed by atoms with E-state index >= 15 is 0 Å². The van der Waals surface area contributed by atoms with E-state index in [-0.39, 0.29) is 5.91 Å². The van der Waals surface area contributed by atoms with E-state index in [0.717, 1.165) is 39.2 Å². The van der Waals surface area contributed by atoms with Gasteiger partial charge in [-0.25, -0.2) is 18.4 Å². The van der Waals surface area contributed by atoms with Crippen molar-refractivity contribution in [3.63, 3.8) is 0 Å². The molecule has 3 heterocycles. The molecule has 7 nitrogen and oxygen atoms in total. The van der Waals surface area contributed by atoms with Crippen LogP contribution in [0.5, 0.6) is 0 Å². The van der Waals surface area contributed by atoms with Gasteiger partial charge in [0, 0.05) is 23.9 Å². The highest BCUT2D eigenvalue weighted by atomic mass is 32.2. The molecule has 162 valence electrons. The van der Waals surface area contributed by atoms with Gasteiger partial charge in [0.05, 0.1) is 22.2 Å². The summed E-state index contributed by atoms with van der Waals surface area (Å²) in [5, 5.41) is 3.69. The van der Waals surface area contributed by atoms with Crippen molar-refractivity contribution < 1.29 is 13.2 Å². The average molecular weight is 465 g/mol. The molecular formula is C23H20N4O3S2. The minimum absolute atomic E-state index is 0.287. The van der Waals surface area contributed by atoms with Gasteiger partial charge in [-0.2, -0.15) is 0 Å². The van der Waals surface area contributed by atoms with Gasteiger partial charge in [0.2, 0.25) is 10.0 Å². The van der Waals surface area contributed by atoms with E-state index in [1.54, 1.807) is 41.8 Å². The highest BCUT2D eigenvalue weighted by Crippen LogP contribution is 2.31. The summed E-state index contributed by atoms with van der Waals surface area (Å²) in [5.74, 6) is 0.153. The molecule has 32 heavy (non-hydrogen) atoms. The first-order chi connectivity index (χ1) is 15.4. The molecule has 0 radical (unpaired) electrons. The summed E-state index contributed by atoms with van der Waals surface area (Å²) in [6.07, 6.45) is 4.36. The number of aromatic nitrogens is 2. The maximum Gasteiger partial charge on any atom is 0.256 e. The molecule has 0 saturated heterocycles. The molecule has 2 aromatic carbocycles. The molecule has 5 rings (SSSR count). The van der Waals surface area contributed by atoms with Crippen LogP contribution in [0.25, 0.3) is 20.8 Å². The van der Waals surface area contributed by atoms with Gasteiger partial charge in [0.15, 0.2) is 0 Å². The van der Waals surface area contributed by atoms with E-state index in [1.165, 1.54) is 10.6 Å². The van der Waals surface area contributed by atoms with Gasteiger partial charge in [-0.1, -0.05) is 12.1 Å². The molecule has 1 aliphatic heterocycles. The number of benzene rings is 2. The molecule has 1 aliphatic rings. The fourth-order valence-electron chi connectivity index (χ4n) is 3.83. The van der Waals surface area contributed by atoms with Crippen molar-refractivity contribution >= 4 is 49.0 Å². The van der Waals surface area contributed by atoms with Gasteiger partial charge in [-0.15, -0.1) is 11.3 Å². The fraction of sp³-hybridized carbons (Fsp3) is 0.174. The third-order valence-corrected chi connectivity index (χ3v) is 7.63. The van der Waals surface area contributed by atoms with E-state index in [0.29, 0.717) is 23.6 Å². The summed E-state index contributed by atoms with van der Waals surface area (Å²) in [5.41, 5.74) is 3.81. The smallest absolute Gasteiger partial charge is 0.256 e. The second-order valence-corrected chi connectivity index (χ2v) is 10.6. The van der Waals surface area contributed by atoms with Crippen LogP contribution in [0.4, 0.5) is 11.5 Å². The van der Waals surface area contributed by atoms with Crippen LogP contribution >= 0.6 is 11.3 Å². The maximum absolute atomic E-state index is 12.8. The molecule has 0 atom stereocenters. The molecule has 0 spiro atoms. The number of nitrogens with one attached hydrogen (secondary N) is 1. The number of nitrogens with zero attached hydrogens (tertiary/aromatic N) is 3.